The molecule has 0 atom stereocenters. The second-order valence-electron chi connectivity index (χ2n) is 5.99. The minimum atomic E-state index is -3.56. The van der Waals surface area contributed by atoms with Crippen molar-refractivity contribution in [1.29, 1.82) is 0 Å². The van der Waals surface area contributed by atoms with E-state index in [1.165, 1.54) is 10.9 Å². The number of carbonyl (C=O) groups excluding carboxylic acids is 1. The molecule has 0 aliphatic carbocycles. The van der Waals surface area contributed by atoms with Gasteiger partial charge in [0.2, 0.25) is 20.9 Å². The number of aromatic nitrogens is 4. The SMILES string of the molecule is Cc1noc(C)c1CCC(=O)N1CC(S(=O)(=O)c2nncn2C)C1. The van der Waals surface area contributed by atoms with Crippen molar-refractivity contribution in [3.63, 3.8) is 0 Å². The van der Waals surface area contributed by atoms with Gasteiger partial charge in [-0.3, -0.25) is 4.79 Å². The van der Waals surface area contributed by atoms with Crippen LogP contribution in [0.5, 0.6) is 0 Å². The Morgan fingerprint density at radius 1 is 1.38 bits per heavy atom. The van der Waals surface area contributed by atoms with Gasteiger partial charge < -0.3 is 14.0 Å². The average molecular weight is 353 g/mol. The van der Waals surface area contributed by atoms with E-state index in [2.05, 4.69) is 15.4 Å². The molecule has 1 fully saturated rings. The second-order valence-corrected chi connectivity index (χ2v) is 8.11. The quantitative estimate of drug-likeness (QED) is 0.746. The van der Waals surface area contributed by atoms with Crippen molar-refractivity contribution in [2.75, 3.05) is 13.1 Å². The van der Waals surface area contributed by atoms with Gasteiger partial charge in [0.05, 0.1) is 5.69 Å². The molecule has 1 aliphatic heterocycles. The molecule has 130 valence electrons. The van der Waals surface area contributed by atoms with Crippen LogP contribution in [-0.4, -0.2) is 57.5 Å². The molecule has 0 spiro atoms. The molecule has 3 heterocycles. The Balaban J connectivity index is 1.57. The second kappa shape index (κ2) is 6.00. The maximum absolute atomic E-state index is 12.4. The largest absolute Gasteiger partial charge is 0.361 e. The third-order valence-electron chi connectivity index (χ3n) is 4.33. The lowest BCUT2D eigenvalue weighted by molar-refractivity contribution is -0.134. The Bertz CT molecular complexity index is 844. The van der Waals surface area contributed by atoms with Gasteiger partial charge in [0.15, 0.2) is 0 Å². The van der Waals surface area contributed by atoms with Crippen LogP contribution in [0.25, 0.3) is 0 Å². The van der Waals surface area contributed by atoms with Gasteiger partial charge >= 0.3 is 0 Å². The number of amides is 1. The van der Waals surface area contributed by atoms with Crippen molar-refractivity contribution in [2.45, 2.75) is 37.1 Å². The maximum Gasteiger partial charge on any atom is 0.249 e. The molecule has 0 aromatic carbocycles. The summed E-state index contributed by atoms with van der Waals surface area (Å²) in [5, 5.41) is 10.4. The Hall–Kier alpha value is -2.23. The van der Waals surface area contributed by atoms with Gasteiger partial charge in [-0.1, -0.05) is 5.16 Å². The summed E-state index contributed by atoms with van der Waals surface area (Å²) in [6, 6.07) is 0. The van der Waals surface area contributed by atoms with E-state index in [1.54, 1.807) is 11.9 Å². The minimum Gasteiger partial charge on any atom is -0.361 e. The van der Waals surface area contributed by atoms with Crippen LogP contribution in [0.2, 0.25) is 0 Å². The Morgan fingerprint density at radius 2 is 2.08 bits per heavy atom. The van der Waals surface area contributed by atoms with Crippen LogP contribution in [0.1, 0.15) is 23.4 Å². The van der Waals surface area contributed by atoms with Gasteiger partial charge in [-0.05, 0) is 20.3 Å². The zero-order chi connectivity index (χ0) is 17.5. The van der Waals surface area contributed by atoms with Gasteiger partial charge in [-0.15, -0.1) is 10.2 Å². The van der Waals surface area contributed by atoms with Crippen LogP contribution in [-0.2, 0) is 28.1 Å². The van der Waals surface area contributed by atoms with Gasteiger partial charge in [-0.25, -0.2) is 8.42 Å². The molecule has 0 radical (unpaired) electrons. The van der Waals surface area contributed by atoms with E-state index >= 15 is 0 Å². The maximum atomic E-state index is 12.4. The van der Waals surface area contributed by atoms with Gasteiger partial charge in [0.1, 0.15) is 17.3 Å². The number of hydrogen-bond acceptors (Lipinski definition) is 7. The molecule has 10 heteroatoms. The zero-order valence-electron chi connectivity index (χ0n) is 13.8. The molecular formula is C14H19N5O4S. The summed E-state index contributed by atoms with van der Waals surface area (Å²) in [6.45, 7) is 4.03. The molecule has 1 aliphatic rings. The number of carbonyl (C=O) groups is 1. The van der Waals surface area contributed by atoms with Crippen LogP contribution in [0.4, 0.5) is 0 Å². The molecule has 9 nitrogen and oxygen atoms in total. The first-order valence-electron chi connectivity index (χ1n) is 7.58. The normalized spacial score (nSPS) is 15.5. The summed E-state index contributed by atoms with van der Waals surface area (Å²) in [4.78, 5) is 13.8. The molecule has 3 rings (SSSR count). The Kier molecular flexibility index (Phi) is 4.16. The van der Waals surface area contributed by atoms with Crippen LogP contribution in [0.3, 0.4) is 0 Å². The molecule has 0 bridgehead atoms. The minimum absolute atomic E-state index is 0.0599. The fourth-order valence-corrected chi connectivity index (χ4v) is 4.43. The van der Waals surface area contributed by atoms with E-state index in [4.69, 9.17) is 4.52 Å². The van der Waals surface area contributed by atoms with E-state index < -0.39 is 15.1 Å². The van der Waals surface area contributed by atoms with E-state index in [0.29, 0.717) is 18.6 Å². The molecule has 2 aromatic rings. The highest BCUT2D eigenvalue weighted by atomic mass is 32.2. The molecule has 1 amide bonds. The highest BCUT2D eigenvalue weighted by molar-refractivity contribution is 7.92. The summed E-state index contributed by atoms with van der Waals surface area (Å²) in [5.41, 5.74) is 1.72. The van der Waals surface area contributed by atoms with Gasteiger partial charge in [0, 0.05) is 32.1 Å². The Labute approximate surface area is 139 Å². The zero-order valence-corrected chi connectivity index (χ0v) is 14.6. The van der Waals surface area contributed by atoms with E-state index in [0.717, 1.165) is 11.3 Å². The smallest absolute Gasteiger partial charge is 0.249 e. The summed E-state index contributed by atoms with van der Waals surface area (Å²) in [7, 11) is -1.98. The number of sulfone groups is 1. The topological polar surface area (TPSA) is 111 Å². The van der Waals surface area contributed by atoms with Crippen molar-refractivity contribution in [3.05, 3.63) is 23.3 Å². The standard InChI is InChI=1S/C14H19N5O4S/c1-9-12(10(2)23-17-9)4-5-13(20)19-6-11(7-19)24(21,22)14-16-15-8-18(14)3/h8,11H,4-7H2,1-3H3. The predicted molar refractivity (Wildman–Crippen MR) is 82.9 cm³/mol. The average Bonchev–Trinajstić information content (AvgIpc) is 3.02. The van der Waals surface area contributed by atoms with Crippen LogP contribution in [0.15, 0.2) is 16.0 Å². The molecule has 0 unspecified atom stereocenters. The highest BCUT2D eigenvalue weighted by Gasteiger charge is 2.42. The molecule has 0 N–H and O–H groups in total. The lowest BCUT2D eigenvalue weighted by Crippen LogP contribution is -2.57. The third kappa shape index (κ3) is 2.81. The van der Waals surface area contributed by atoms with Gasteiger partial charge in [0.25, 0.3) is 0 Å². The van der Waals surface area contributed by atoms with E-state index in [9.17, 15) is 13.2 Å². The van der Waals surface area contributed by atoms with Crippen molar-refractivity contribution in [3.8, 4) is 0 Å². The number of likely N-dealkylation sites (tertiary alicyclic amines) is 1. The summed E-state index contributed by atoms with van der Waals surface area (Å²) in [5.74, 6) is 0.645. The summed E-state index contributed by atoms with van der Waals surface area (Å²) < 4.78 is 31.3. The van der Waals surface area contributed by atoms with Crippen molar-refractivity contribution in [1.82, 2.24) is 24.8 Å². The first-order chi connectivity index (χ1) is 11.3. The lowest BCUT2D eigenvalue weighted by Gasteiger charge is -2.38. The van der Waals surface area contributed by atoms with Crippen LogP contribution in [0, 0.1) is 13.8 Å². The fourth-order valence-electron chi connectivity index (χ4n) is 2.77. The van der Waals surface area contributed by atoms with Crippen LogP contribution < -0.4 is 0 Å². The van der Waals surface area contributed by atoms with Crippen LogP contribution >= 0.6 is 0 Å². The van der Waals surface area contributed by atoms with Crippen molar-refractivity contribution < 1.29 is 17.7 Å². The first-order valence-corrected chi connectivity index (χ1v) is 9.12. The lowest BCUT2D eigenvalue weighted by atomic mass is 10.1. The van der Waals surface area contributed by atoms with E-state index in [1.807, 2.05) is 13.8 Å². The van der Waals surface area contributed by atoms with E-state index in [-0.39, 0.29) is 24.2 Å². The fraction of sp³-hybridized carbons (Fsp3) is 0.571. The number of aryl methyl sites for hydroxylation is 3. The predicted octanol–water partition coefficient (Wildman–Crippen LogP) is 0.0372. The summed E-state index contributed by atoms with van der Waals surface area (Å²) >= 11 is 0. The Morgan fingerprint density at radius 3 is 2.62 bits per heavy atom. The number of nitrogens with zero attached hydrogens (tertiary/aromatic N) is 5. The molecule has 2 aromatic heterocycles. The molecule has 0 saturated carbocycles. The van der Waals surface area contributed by atoms with Crippen molar-refractivity contribution >= 4 is 15.7 Å². The molecule has 1 saturated heterocycles. The highest BCUT2D eigenvalue weighted by Crippen LogP contribution is 2.23. The molecular weight excluding hydrogens is 334 g/mol. The first kappa shape index (κ1) is 16.6. The number of rotatable bonds is 5. The molecule has 24 heavy (non-hydrogen) atoms. The number of hydrogen-bond donors (Lipinski definition) is 0. The third-order valence-corrected chi connectivity index (χ3v) is 6.39. The van der Waals surface area contributed by atoms with Gasteiger partial charge in [-0.2, -0.15) is 0 Å². The monoisotopic (exact) mass is 353 g/mol. The van der Waals surface area contributed by atoms with Crippen molar-refractivity contribution in [2.24, 2.45) is 7.05 Å². The summed E-state index contributed by atoms with van der Waals surface area (Å²) in [6.07, 6.45) is 2.19.